The Morgan fingerprint density at radius 2 is 2.31 bits per heavy atom. The van der Waals surface area contributed by atoms with Gasteiger partial charge in [0.15, 0.2) is 5.82 Å². The Morgan fingerprint density at radius 3 is 2.88 bits per heavy atom. The number of aryl methyl sites for hydroxylation is 1. The zero-order chi connectivity index (χ0) is 11.5. The summed E-state index contributed by atoms with van der Waals surface area (Å²) in [6.07, 6.45) is 3.07. The first-order chi connectivity index (χ1) is 7.65. The largest absolute Gasteiger partial charge is 0.393 e. The molecule has 0 amide bonds. The van der Waals surface area contributed by atoms with Gasteiger partial charge in [0.05, 0.1) is 12.6 Å². The highest BCUT2D eigenvalue weighted by atomic mass is 16.5. The second-order valence-electron chi connectivity index (χ2n) is 4.69. The monoisotopic (exact) mass is 225 g/mol. The van der Waals surface area contributed by atoms with Gasteiger partial charge in [-0.2, -0.15) is 4.98 Å². The molecular formula is C11H19N3O2. The minimum atomic E-state index is -0.133. The van der Waals surface area contributed by atoms with Crippen molar-refractivity contribution in [2.24, 2.45) is 5.92 Å². The Morgan fingerprint density at radius 1 is 1.50 bits per heavy atom. The fraction of sp³-hybridized carbons (Fsp3) is 0.818. The van der Waals surface area contributed by atoms with Crippen LogP contribution in [-0.2, 0) is 6.54 Å². The number of rotatable bonds is 4. The second-order valence-corrected chi connectivity index (χ2v) is 4.69. The van der Waals surface area contributed by atoms with Gasteiger partial charge in [0.1, 0.15) is 0 Å². The average molecular weight is 225 g/mol. The van der Waals surface area contributed by atoms with E-state index in [1.54, 1.807) is 0 Å². The summed E-state index contributed by atoms with van der Waals surface area (Å²) in [5, 5.41) is 13.5. The van der Waals surface area contributed by atoms with E-state index >= 15 is 0 Å². The van der Waals surface area contributed by atoms with Crippen LogP contribution in [0.2, 0.25) is 0 Å². The third-order valence-electron chi connectivity index (χ3n) is 3.14. The van der Waals surface area contributed by atoms with Gasteiger partial charge in [-0.25, -0.2) is 0 Å². The van der Waals surface area contributed by atoms with Gasteiger partial charge in [0.25, 0.3) is 0 Å². The topological polar surface area (TPSA) is 62.4 Å². The van der Waals surface area contributed by atoms with E-state index in [9.17, 15) is 5.11 Å². The van der Waals surface area contributed by atoms with Crippen LogP contribution < -0.4 is 0 Å². The first-order valence-corrected chi connectivity index (χ1v) is 5.81. The molecule has 1 aromatic heterocycles. The van der Waals surface area contributed by atoms with E-state index in [1.807, 2.05) is 14.0 Å². The van der Waals surface area contributed by atoms with Crippen molar-refractivity contribution in [3.8, 4) is 0 Å². The van der Waals surface area contributed by atoms with E-state index < -0.39 is 0 Å². The summed E-state index contributed by atoms with van der Waals surface area (Å²) in [5.74, 6) is 1.71. The fourth-order valence-electron chi connectivity index (χ4n) is 2.33. The zero-order valence-electron chi connectivity index (χ0n) is 9.89. The van der Waals surface area contributed by atoms with Gasteiger partial charge in [0.2, 0.25) is 5.89 Å². The number of aliphatic hydroxyl groups is 1. The van der Waals surface area contributed by atoms with Crippen molar-refractivity contribution in [3.63, 3.8) is 0 Å². The van der Waals surface area contributed by atoms with E-state index in [0.29, 0.717) is 24.2 Å². The normalized spacial score (nSPS) is 25.5. The molecule has 1 aliphatic carbocycles. The SMILES string of the molecule is Cc1noc(CN(C)CC2CCCC2O)n1. The van der Waals surface area contributed by atoms with Crippen molar-refractivity contribution in [2.45, 2.75) is 38.8 Å². The minimum Gasteiger partial charge on any atom is -0.393 e. The molecule has 5 heteroatoms. The van der Waals surface area contributed by atoms with E-state index in [4.69, 9.17) is 4.52 Å². The molecule has 0 spiro atoms. The highest BCUT2D eigenvalue weighted by Crippen LogP contribution is 2.26. The molecule has 5 nitrogen and oxygen atoms in total. The van der Waals surface area contributed by atoms with Gasteiger partial charge in [-0.05, 0) is 32.7 Å². The van der Waals surface area contributed by atoms with Crippen LogP contribution in [0.3, 0.4) is 0 Å². The Balaban J connectivity index is 1.82. The van der Waals surface area contributed by atoms with Gasteiger partial charge < -0.3 is 9.63 Å². The van der Waals surface area contributed by atoms with Crippen LogP contribution in [0.15, 0.2) is 4.52 Å². The van der Waals surface area contributed by atoms with Crippen molar-refractivity contribution in [3.05, 3.63) is 11.7 Å². The smallest absolute Gasteiger partial charge is 0.240 e. The molecule has 2 unspecified atom stereocenters. The predicted octanol–water partition coefficient (Wildman–Crippen LogP) is 0.971. The molecule has 1 aliphatic rings. The maximum atomic E-state index is 9.73. The summed E-state index contributed by atoms with van der Waals surface area (Å²) in [4.78, 5) is 6.29. The first kappa shape index (κ1) is 11.5. The number of hydrogen-bond acceptors (Lipinski definition) is 5. The first-order valence-electron chi connectivity index (χ1n) is 5.81. The van der Waals surface area contributed by atoms with Crippen molar-refractivity contribution in [2.75, 3.05) is 13.6 Å². The maximum absolute atomic E-state index is 9.73. The number of nitrogens with zero attached hydrogens (tertiary/aromatic N) is 3. The molecule has 1 saturated carbocycles. The van der Waals surface area contributed by atoms with Crippen LogP contribution in [0.25, 0.3) is 0 Å². The molecular weight excluding hydrogens is 206 g/mol. The maximum Gasteiger partial charge on any atom is 0.240 e. The zero-order valence-corrected chi connectivity index (χ0v) is 9.89. The summed E-state index contributed by atoms with van der Waals surface area (Å²) >= 11 is 0. The van der Waals surface area contributed by atoms with Crippen LogP contribution in [0.5, 0.6) is 0 Å². The molecule has 2 atom stereocenters. The lowest BCUT2D eigenvalue weighted by Crippen LogP contribution is -2.29. The summed E-state index contributed by atoms with van der Waals surface area (Å²) in [6, 6.07) is 0. The van der Waals surface area contributed by atoms with Gasteiger partial charge in [-0.1, -0.05) is 11.6 Å². The van der Waals surface area contributed by atoms with Crippen molar-refractivity contribution in [1.29, 1.82) is 0 Å². The molecule has 0 aromatic carbocycles. The molecule has 0 aliphatic heterocycles. The quantitative estimate of drug-likeness (QED) is 0.827. The molecule has 90 valence electrons. The lowest BCUT2D eigenvalue weighted by molar-refractivity contribution is 0.104. The third kappa shape index (κ3) is 2.80. The second kappa shape index (κ2) is 4.93. The van der Waals surface area contributed by atoms with Gasteiger partial charge in [0, 0.05) is 6.54 Å². The van der Waals surface area contributed by atoms with Gasteiger partial charge in [-0.15, -0.1) is 0 Å². The number of hydrogen-bond donors (Lipinski definition) is 1. The van der Waals surface area contributed by atoms with Crippen LogP contribution in [0.4, 0.5) is 0 Å². The van der Waals surface area contributed by atoms with E-state index in [-0.39, 0.29) is 6.10 Å². The lowest BCUT2D eigenvalue weighted by atomic mass is 10.1. The van der Waals surface area contributed by atoms with Crippen LogP contribution >= 0.6 is 0 Å². The van der Waals surface area contributed by atoms with E-state index in [2.05, 4.69) is 15.0 Å². The lowest BCUT2D eigenvalue weighted by Gasteiger charge is -2.21. The number of aromatic nitrogens is 2. The molecule has 1 fully saturated rings. The van der Waals surface area contributed by atoms with E-state index in [0.717, 1.165) is 25.8 Å². The molecule has 1 heterocycles. The molecule has 16 heavy (non-hydrogen) atoms. The van der Waals surface area contributed by atoms with Crippen LogP contribution in [0, 0.1) is 12.8 Å². The third-order valence-corrected chi connectivity index (χ3v) is 3.14. The fourth-order valence-corrected chi connectivity index (χ4v) is 2.33. The summed E-state index contributed by atoms with van der Waals surface area (Å²) in [7, 11) is 2.02. The molecule has 0 radical (unpaired) electrons. The van der Waals surface area contributed by atoms with Gasteiger partial charge >= 0.3 is 0 Å². The molecule has 1 aromatic rings. The summed E-state index contributed by atoms with van der Waals surface area (Å²) in [5.41, 5.74) is 0. The van der Waals surface area contributed by atoms with Gasteiger partial charge in [-0.3, -0.25) is 4.90 Å². The Labute approximate surface area is 95.4 Å². The van der Waals surface area contributed by atoms with Crippen LogP contribution in [-0.4, -0.2) is 39.8 Å². The summed E-state index contributed by atoms with van der Waals surface area (Å²) < 4.78 is 5.06. The van der Waals surface area contributed by atoms with Crippen LogP contribution in [0.1, 0.15) is 31.0 Å². The Hall–Kier alpha value is -0.940. The minimum absolute atomic E-state index is 0.133. The Kier molecular flexibility index (Phi) is 3.56. The molecule has 0 saturated heterocycles. The molecule has 2 rings (SSSR count). The standard InChI is InChI=1S/C11H19N3O2/c1-8-12-11(16-13-8)7-14(2)6-9-4-3-5-10(9)15/h9-10,15H,3-7H2,1-2H3. The van der Waals surface area contributed by atoms with Crippen molar-refractivity contribution >= 4 is 0 Å². The van der Waals surface area contributed by atoms with Crippen molar-refractivity contribution in [1.82, 2.24) is 15.0 Å². The summed E-state index contributed by atoms with van der Waals surface area (Å²) in [6.45, 7) is 3.36. The molecule has 0 bridgehead atoms. The average Bonchev–Trinajstić information content (AvgIpc) is 2.77. The highest BCUT2D eigenvalue weighted by Gasteiger charge is 2.26. The predicted molar refractivity (Wildman–Crippen MR) is 58.7 cm³/mol. The van der Waals surface area contributed by atoms with Crippen molar-refractivity contribution < 1.29 is 9.63 Å². The number of aliphatic hydroxyl groups excluding tert-OH is 1. The highest BCUT2D eigenvalue weighted by molar-refractivity contribution is 4.84. The van der Waals surface area contributed by atoms with E-state index in [1.165, 1.54) is 0 Å². The molecule has 1 N–H and O–H groups in total. The Bertz CT molecular complexity index is 340.